The molecule has 3 nitrogen and oxygen atoms in total. The smallest absolute Gasteiger partial charge is 0.0596 e. The van der Waals surface area contributed by atoms with Gasteiger partial charge in [0.05, 0.1) is 6.10 Å². The Morgan fingerprint density at radius 2 is 1.92 bits per heavy atom. The number of hydrogen-bond donors (Lipinski definition) is 1. The highest BCUT2D eigenvalue weighted by atomic mass is 16.4. The van der Waals surface area contributed by atoms with Crippen LogP contribution in [0.4, 0.5) is 0 Å². The van der Waals surface area contributed by atoms with Crippen LogP contribution in [-0.2, 0) is 4.79 Å². The molecule has 0 bridgehead atoms. The summed E-state index contributed by atoms with van der Waals surface area (Å²) in [7, 11) is 0. The number of carboxylic acids is 1. The highest BCUT2D eigenvalue weighted by molar-refractivity contribution is 5.67. The first-order valence-electron chi connectivity index (χ1n) is 9.90. The molecule has 0 aromatic carbocycles. The van der Waals surface area contributed by atoms with Gasteiger partial charge in [0.15, 0.2) is 0 Å². The van der Waals surface area contributed by atoms with Gasteiger partial charge in [0.2, 0.25) is 0 Å². The van der Waals surface area contributed by atoms with E-state index in [1.807, 2.05) is 0 Å². The summed E-state index contributed by atoms with van der Waals surface area (Å²) in [5, 5.41) is 21.5. The zero-order valence-corrected chi connectivity index (χ0v) is 15.1. The summed E-state index contributed by atoms with van der Waals surface area (Å²) in [6, 6.07) is 0. The van der Waals surface area contributed by atoms with Crippen molar-refractivity contribution < 1.29 is 15.0 Å². The molecule has 0 saturated heterocycles. The molecule has 3 heteroatoms. The maximum absolute atomic E-state index is 11.0. The van der Waals surface area contributed by atoms with Crippen LogP contribution in [0, 0.1) is 34.5 Å². The second-order valence-electron chi connectivity index (χ2n) is 9.61. The van der Waals surface area contributed by atoms with Gasteiger partial charge in [-0.15, -0.1) is 0 Å². The molecule has 0 radical (unpaired) electrons. The molecular formula is C21H31O3-. The molecule has 3 fully saturated rings. The first kappa shape index (κ1) is 16.6. The molecule has 3 saturated carbocycles. The van der Waals surface area contributed by atoms with Crippen LogP contribution in [0.15, 0.2) is 11.6 Å². The van der Waals surface area contributed by atoms with Crippen molar-refractivity contribution in [2.24, 2.45) is 34.5 Å². The standard InChI is InChI=1S/C21H32O3/c1-20-9-7-13(12-19(23)24)11-14(20)3-4-15-16-5-6-18(22)21(16,2)10-8-17(15)20/h7,14-18,22H,3-6,8-12H2,1-2H3,(H,23,24)/p-1/t14-,15+,16-,17-,18-,20-,21-/m0/s1. The van der Waals surface area contributed by atoms with Crippen molar-refractivity contribution in [3.8, 4) is 0 Å². The molecule has 24 heavy (non-hydrogen) atoms. The van der Waals surface area contributed by atoms with Crippen LogP contribution in [0.1, 0.15) is 71.6 Å². The van der Waals surface area contributed by atoms with E-state index in [4.69, 9.17) is 0 Å². The van der Waals surface area contributed by atoms with Crippen LogP contribution in [-0.4, -0.2) is 17.2 Å². The van der Waals surface area contributed by atoms with E-state index < -0.39 is 5.97 Å². The Kier molecular flexibility index (Phi) is 3.87. The minimum atomic E-state index is -0.938. The van der Waals surface area contributed by atoms with Crippen LogP contribution in [0.5, 0.6) is 0 Å². The molecule has 7 atom stereocenters. The van der Waals surface area contributed by atoms with Crippen molar-refractivity contribution in [1.29, 1.82) is 0 Å². The first-order chi connectivity index (χ1) is 11.3. The summed E-state index contributed by atoms with van der Waals surface area (Å²) in [6.07, 6.45) is 11.3. The summed E-state index contributed by atoms with van der Waals surface area (Å²) in [4.78, 5) is 11.0. The van der Waals surface area contributed by atoms with E-state index in [9.17, 15) is 15.0 Å². The fourth-order valence-electron chi connectivity index (χ4n) is 7.25. The Bertz CT molecular complexity index is 567. The third kappa shape index (κ3) is 2.30. The number of aliphatic carboxylic acids is 1. The van der Waals surface area contributed by atoms with Gasteiger partial charge in [-0.25, -0.2) is 0 Å². The van der Waals surface area contributed by atoms with Gasteiger partial charge in [-0.05, 0) is 85.9 Å². The number of fused-ring (bicyclic) bond motifs is 5. The van der Waals surface area contributed by atoms with E-state index in [0.29, 0.717) is 17.3 Å². The van der Waals surface area contributed by atoms with E-state index >= 15 is 0 Å². The van der Waals surface area contributed by atoms with Gasteiger partial charge in [0, 0.05) is 12.4 Å². The average molecular weight is 331 g/mol. The number of aliphatic hydroxyl groups is 1. The maximum Gasteiger partial charge on any atom is 0.0596 e. The molecule has 0 aromatic heterocycles. The normalized spacial score (nSPS) is 50.5. The number of carbonyl (C=O) groups is 1. The number of allylic oxidation sites excluding steroid dienone is 1. The van der Waals surface area contributed by atoms with Crippen LogP contribution in [0.25, 0.3) is 0 Å². The lowest BCUT2D eigenvalue weighted by Crippen LogP contribution is -2.53. The van der Waals surface area contributed by atoms with E-state index in [1.54, 1.807) is 0 Å². The van der Waals surface area contributed by atoms with Crippen molar-refractivity contribution in [2.75, 3.05) is 0 Å². The lowest BCUT2D eigenvalue weighted by molar-refractivity contribution is -0.304. The molecule has 0 heterocycles. The van der Waals surface area contributed by atoms with Crippen LogP contribution < -0.4 is 5.11 Å². The second-order valence-corrected chi connectivity index (χ2v) is 9.61. The summed E-state index contributed by atoms with van der Waals surface area (Å²) in [5.41, 5.74) is 1.57. The van der Waals surface area contributed by atoms with Gasteiger partial charge in [0.1, 0.15) is 0 Å². The van der Waals surface area contributed by atoms with Crippen LogP contribution in [0.2, 0.25) is 0 Å². The number of carbonyl (C=O) groups excluding carboxylic acids is 1. The largest absolute Gasteiger partial charge is 0.550 e. The van der Waals surface area contributed by atoms with Crippen molar-refractivity contribution >= 4 is 5.97 Å². The summed E-state index contributed by atoms with van der Waals surface area (Å²) < 4.78 is 0. The van der Waals surface area contributed by atoms with Crippen molar-refractivity contribution in [3.63, 3.8) is 0 Å². The summed E-state index contributed by atoms with van der Waals surface area (Å²) in [5.74, 6) is 1.90. The lowest BCUT2D eigenvalue weighted by Gasteiger charge is -2.59. The highest BCUT2D eigenvalue weighted by Gasteiger charge is 2.59. The molecule has 134 valence electrons. The molecule has 4 aliphatic carbocycles. The van der Waals surface area contributed by atoms with Gasteiger partial charge < -0.3 is 15.0 Å². The molecule has 1 N–H and O–H groups in total. The Morgan fingerprint density at radius 1 is 1.17 bits per heavy atom. The topological polar surface area (TPSA) is 60.4 Å². The Labute approximate surface area is 145 Å². The monoisotopic (exact) mass is 331 g/mol. The Morgan fingerprint density at radius 3 is 2.67 bits per heavy atom. The zero-order valence-electron chi connectivity index (χ0n) is 15.1. The highest BCUT2D eigenvalue weighted by Crippen LogP contribution is 2.66. The number of hydrogen-bond acceptors (Lipinski definition) is 3. The molecule has 0 amide bonds. The Balaban J connectivity index is 1.58. The van der Waals surface area contributed by atoms with Crippen LogP contribution in [0.3, 0.4) is 0 Å². The lowest BCUT2D eigenvalue weighted by atomic mass is 9.45. The fourth-order valence-corrected chi connectivity index (χ4v) is 7.25. The average Bonchev–Trinajstić information content (AvgIpc) is 2.83. The molecule has 0 unspecified atom stereocenters. The third-order valence-electron chi connectivity index (χ3n) is 8.73. The molecule has 0 spiro atoms. The predicted molar refractivity (Wildman–Crippen MR) is 90.8 cm³/mol. The number of rotatable bonds is 2. The van der Waals surface area contributed by atoms with Crippen molar-refractivity contribution in [1.82, 2.24) is 0 Å². The zero-order chi connectivity index (χ0) is 17.1. The van der Waals surface area contributed by atoms with Crippen molar-refractivity contribution in [3.05, 3.63) is 11.6 Å². The number of aliphatic hydroxyl groups excluding tert-OH is 1. The number of carboxylic acid groups (broad SMARTS) is 1. The SMILES string of the molecule is C[C@]12CC=C(CC(=O)[O-])C[C@@H]1CC[C@H]1[C@@H]2CC[C@]2(C)[C@@H](O)CC[C@@H]12. The van der Waals surface area contributed by atoms with E-state index in [2.05, 4.69) is 19.9 Å². The quantitative estimate of drug-likeness (QED) is 0.791. The fraction of sp³-hybridized carbons (Fsp3) is 0.857. The van der Waals surface area contributed by atoms with Crippen molar-refractivity contribution in [2.45, 2.75) is 77.7 Å². The molecule has 0 aliphatic heterocycles. The van der Waals surface area contributed by atoms with Gasteiger partial charge in [-0.2, -0.15) is 0 Å². The van der Waals surface area contributed by atoms with Gasteiger partial charge in [-0.1, -0.05) is 25.5 Å². The van der Waals surface area contributed by atoms with E-state index in [0.717, 1.165) is 43.1 Å². The molecule has 4 aliphatic rings. The summed E-state index contributed by atoms with van der Waals surface area (Å²) in [6.45, 7) is 4.80. The van der Waals surface area contributed by atoms with E-state index in [1.165, 1.54) is 25.7 Å². The Hall–Kier alpha value is -0.830. The predicted octanol–water partition coefficient (Wildman–Crippen LogP) is 3.07. The first-order valence-corrected chi connectivity index (χ1v) is 9.90. The molecular weight excluding hydrogens is 300 g/mol. The minimum Gasteiger partial charge on any atom is -0.550 e. The van der Waals surface area contributed by atoms with Gasteiger partial charge in [0.25, 0.3) is 0 Å². The maximum atomic E-state index is 11.0. The third-order valence-corrected chi connectivity index (χ3v) is 8.73. The second kappa shape index (κ2) is 5.59. The molecule has 0 aromatic rings. The summed E-state index contributed by atoms with van der Waals surface area (Å²) >= 11 is 0. The van der Waals surface area contributed by atoms with Gasteiger partial charge >= 0.3 is 0 Å². The minimum absolute atomic E-state index is 0.102. The van der Waals surface area contributed by atoms with Crippen LogP contribution >= 0.6 is 0 Å². The molecule has 4 rings (SSSR count). The van der Waals surface area contributed by atoms with Gasteiger partial charge in [-0.3, -0.25) is 0 Å². The van der Waals surface area contributed by atoms with E-state index in [-0.39, 0.29) is 17.9 Å².